The number of ether oxygens (including phenoxy) is 1. The summed E-state index contributed by atoms with van der Waals surface area (Å²) >= 11 is 0. The summed E-state index contributed by atoms with van der Waals surface area (Å²) in [5, 5.41) is 0. The third kappa shape index (κ3) is 2.27. The number of nitrogens with zero attached hydrogens (tertiary/aromatic N) is 3. The predicted octanol–water partition coefficient (Wildman–Crippen LogP) is 1.00. The molecule has 2 heterocycles. The molecule has 0 aliphatic rings. The van der Waals surface area contributed by atoms with Gasteiger partial charge in [-0.25, -0.2) is 15.0 Å². The van der Waals surface area contributed by atoms with Gasteiger partial charge in [-0.2, -0.15) is 0 Å². The van der Waals surface area contributed by atoms with Crippen LogP contribution in [0.3, 0.4) is 0 Å². The van der Waals surface area contributed by atoms with E-state index >= 15 is 0 Å². The second kappa shape index (κ2) is 4.79. The molecule has 92 valence electrons. The van der Waals surface area contributed by atoms with Crippen molar-refractivity contribution in [1.29, 1.82) is 0 Å². The van der Waals surface area contributed by atoms with Gasteiger partial charge in [0.05, 0.1) is 12.7 Å². The fourth-order valence-electron chi connectivity index (χ4n) is 1.47. The van der Waals surface area contributed by atoms with Crippen molar-refractivity contribution in [3.05, 3.63) is 41.5 Å². The second-order valence-corrected chi connectivity index (χ2v) is 3.72. The minimum Gasteiger partial charge on any atom is -0.481 e. The monoisotopic (exact) mass is 244 g/mol. The highest BCUT2D eigenvalue weighted by Crippen LogP contribution is 2.16. The molecule has 0 saturated heterocycles. The smallest absolute Gasteiger partial charge is 0.216 e. The summed E-state index contributed by atoms with van der Waals surface area (Å²) in [5.41, 5.74) is 7.10. The molecule has 0 saturated carbocycles. The highest BCUT2D eigenvalue weighted by atomic mass is 16.5. The third-order valence-electron chi connectivity index (χ3n) is 2.38. The maximum absolute atomic E-state index is 12.2. The molecule has 0 amide bonds. The molecule has 0 bridgehead atoms. The molecule has 0 aliphatic carbocycles. The molecule has 0 radical (unpaired) electrons. The number of nitrogen functional groups attached to an aromatic ring is 1. The quantitative estimate of drug-likeness (QED) is 0.810. The van der Waals surface area contributed by atoms with Crippen LogP contribution in [-0.4, -0.2) is 27.8 Å². The first kappa shape index (κ1) is 12.0. The van der Waals surface area contributed by atoms with E-state index in [4.69, 9.17) is 10.5 Å². The first-order chi connectivity index (χ1) is 8.61. The van der Waals surface area contributed by atoms with E-state index in [1.165, 1.54) is 19.5 Å². The van der Waals surface area contributed by atoms with Crippen molar-refractivity contribution in [3.63, 3.8) is 0 Å². The summed E-state index contributed by atoms with van der Waals surface area (Å²) in [6.07, 6.45) is 2.87. The van der Waals surface area contributed by atoms with Gasteiger partial charge in [-0.1, -0.05) is 0 Å². The van der Waals surface area contributed by atoms with Crippen LogP contribution >= 0.6 is 0 Å². The van der Waals surface area contributed by atoms with E-state index in [2.05, 4.69) is 15.0 Å². The molecule has 6 heteroatoms. The van der Waals surface area contributed by atoms with Gasteiger partial charge in [0, 0.05) is 12.3 Å². The summed E-state index contributed by atoms with van der Waals surface area (Å²) in [5.74, 6) is 0.208. The molecule has 0 fully saturated rings. The standard InChI is InChI=1S/C12H12N4O2/c1-7-3-8(12(13)14-5-7)11(17)9-4-10(18-2)16-6-15-9/h3-6H,1-2H3,(H2,13,14). The predicted molar refractivity (Wildman–Crippen MR) is 65.4 cm³/mol. The fraction of sp³-hybridized carbons (Fsp3) is 0.167. The van der Waals surface area contributed by atoms with Gasteiger partial charge >= 0.3 is 0 Å². The Hall–Kier alpha value is -2.50. The van der Waals surface area contributed by atoms with Crippen LogP contribution < -0.4 is 10.5 Å². The summed E-state index contributed by atoms with van der Waals surface area (Å²) < 4.78 is 4.94. The number of aryl methyl sites for hydroxylation is 1. The number of ketones is 1. The van der Waals surface area contributed by atoms with Crippen LogP contribution in [0.5, 0.6) is 5.88 Å². The van der Waals surface area contributed by atoms with Crippen LogP contribution in [0.2, 0.25) is 0 Å². The largest absolute Gasteiger partial charge is 0.481 e. The molecule has 0 atom stereocenters. The lowest BCUT2D eigenvalue weighted by atomic mass is 10.1. The van der Waals surface area contributed by atoms with Crippen molar-refractivity contribution in [2.75, 3.05) is 12.8 Å². The molecular formula is C12H12N4O2. The first-order valence-corrected chi connectivity index (χ1v) is 5.24. The van der Waals surface area contributed by atoms with Gasteiger partial charge in [0.15, 0.2) is 0 Å². The first-order valence-electron chi connectivity index (χ1n) is 5.24. The number of nitrogens with two attached hydrogens (primary N) is 1. The Balaban J connectivity index is 2.44. The van der Waals surface area contributed by atoms with Gasteiger partial charge < -0.3 is 10.5 Å². The zero-order valence-corrected chi connectivity index (χ0v) is 10.0. The molecule has 2 N–H and O–H groups in total. The van der Waals surface area contributed by atoms with E-state index in [-0.39, 0.29) is 17.3 Å². The molecule has 18 heavy (non-hydrogen) atoms. The van der Waals surface area contributed by atoms with E-state index in [9.17, 15) is 4.79 Å². The Morgan fingerprint density at radius 1 is 1.28 bits per heavy atom. The second-order valence-electron chi connectivity index (χ2n) is 3.72. The highest BCUT2D eigenvalue weighted by Gasteiger charge is 2.15. The van der Waals surface area contributed by atoms with Crippen LogP contribution in [-0.2, 0) is 0 Å². The maximum atomic E-state index is 12.2. The number of rotatable bonds is 3. The lowest BCUT2D eigenvalue weighted by molar-refractivity contribution is 0.103. The van der Waals surface area contributed by atoms with E-state index in [0.717, 1.165) is 5.56 Å². The summed E-state index contributed by atoms with van der Waals surface area (Å²) in [4.78, 5) is 23.9. The zero-order valence-electron chi connectivity index (χ0n) is 10.0. The molecule has 2 aromatic rings. The summed E-state index contributed by atoms with van der Waals surface area (Å²) in [6.45, 7) is 1.84. The zero-order chi connectivity index (χ0) is 13.1. The Morgan fingerprint density at radius 2 is 2.06 bits per heavy atom. The Morgan fingerprint density at radius 3 is 2.78 bits per heavy atom. The van der Waals surface area contributed by atoms with E-state index in [1.54, 1.807) is 12.3 Å². The van der Waals surface area contributed by atoms with Gasteiger partial charge in [-0.3, -0.25) is 4.79 Å². The minimum atomic E-state index is -0.301. The molecule has 0 unspecified atom stereocenters. The molecule has 6 nitrogen and oxygen atoms in total. The molecule has 0 aromatic carbocycles. The fourth-order valence-corrected chi connectivity index (χ4v) is 1.47. The highest BCUT2D eigenvalue weighted by molar-refractivity contribution is 6.10. The Labute approximate surface area is 104 Å². The number of hydrogen-bond acceptors (Lipinski definition) is 6. The van der Waals surface area contributed by atoms with Crippen molar-refractivity contribution < 1.29 is 9.53 Å². The van der Waals surface area contributed by atoms with Gasteiger partial charge in [-0.15, -0.1) is 0 Å². The average Bonchev–Trinajstić information content (AvgIpc) is 2.41. The average molecular weight is 244 g/mol. The Kier molecular flexibility index (Phi) is 3.18. The van der Waals surface area contributed by atoms with Gasteiger partial charge in [-0.05, 0) is 18.6 Å². The number of hydrogen-bond donors (Lipinski definition) is 1. The molecule has 2 rings (SSSR count). The van der Waals surface area contributed by atoms with Crippen LogP contribution in [0.15, 0.2) is 24.7 Å². The van der Waals surface area contributed by atoms with E-state index in [0.29, 0.717) is 11.4 Å². The van der Waals surface area contributed by atoms with Crippen molar-refractivity contribution >= 4 is 11.6 Å². The van der Waals surface area contributed by atoms with Gasteiger partial charge in [0.1, 0.15) is 17.8 Å². The number of pyridine rings is 1. The number of methoxy groups -OCH3 is 1. The van der Waals surface area contributed by atoms with Crippen LogP contribution in [0.4, 0.5) is 5.82 Å². The summed E-state index contributed by atoms with van der Waals surface area (Å²) in [6, 6.07) is 3.14. The van der Waals surface area contributed by atoms with E-state index < -0.39 is 0 Å². The van der Waals surface area contributed by atoms with Gasteiger partial charge in [0.25, 0.3) is 0 Å². The molecular weight excluding hydrogens is 232 g/mol. The molecule has 0 spiro atoms. The molecule has 2 aromatic heterocycles. The number of anilines is 1. The SMILES string of the molecule is COc1cc(C(=O)c2cc(C)cnc2N)ncn1. The van der Waals surface area contributed by atoms with Gasteiger partial charge in [0.2, 0.25) is 11.7 Å². The maximum Gasteiger partial charge on any atom is 0.216 e. The minimum absolute atomic E-state index is 0.183. The van der Waals surface area contributed by atoms with Crippen molar-refractivity contribution in [2.45, 2.75) is 6.92 Å². The topological polar surface area (TPSA) is 91.0 Å². The van der Waals surface area contributed by atoms with Crippen LogP contribution in [0.25, 0.3) is 0 Å². The molecule has 0 aliphatic heterocycles. The third-order valence-corrected chi connectivity index (χ3v) is 2.38. The van der Waals surface area contributed by atoms with Crippen molar-refractivity contribution in [1.82, 2.24) is 15.0 Å². The Bertz CT molecular complexity index is 598. The number of carbonyl (C=O) groups is 1. The van der Waals surface area contributed by atoms with Crippen LogP contribution in [0.1, 0.15) is 21.6 Å². The number of carbonyl (C=O) groups excluding carboxylic acids is 1. The van der Waals surface area contributed by atoms with Crippen LogP contribution in [0, 0.1) is 6.92 Å². The normalized spacial score (nSPS) is 10.1. The lowest BCUT2D eigenvalue weighted by Gasteiger charge is -2.05. The lowest BCUT2D eigenvalue weighted by Crippen LogP contribution is -2.09. The van der Waals surface area contributed by atoms with Crippen molar-refractivity contribution in [2.24, 2.45) is 0 Å². The van der Waals surface area contributed by atoms with E-state index in [1.807, 2.05) is 6.92 Å². The van der Waals surface area contributed by atoms with Crippen molar-refractivity contribution in [3.8, 4) is 5.88 Å². The summed E-state index contributed by atoms with van der Waals surface area (Å²) in [7, 11) is 1.47. The number of aromatic nitrogens is 3.